The maximum absolute atomic E-state index is 9.76. The summed E-state index contributed by atoms with van der Waals surface area (Å²) in [5.41, 5.74) is -0.276. The van der Waals surface area contributed by atoms with E-state index in [1.54, 1.807) is 0 Å². The minimum Gasteiger partial charge on any atom is -0.462 e. The summed E-state index contributed by atoms with van der Waals surface area (Å²) in [5.74, 6) is 0. The first kappa shape index (κ1) is 14.4. The summed E-state index contributed by atoms with van der Waals surface area (Å²) in [6, 6.07) is 0. The zero-order valence-electron chi connectivity index (χ0n) is 10.4. The lowest BCUT2D eigenvalue weighted by atomic mass is 10.1. The smallest absolute Gasteiger partial charge is 0.293 e. The van der Waals surface area contributed by atoms with Gasteiger partial charge >= 0.3 is 0 Å². The van der Waals surface area contributed by atoms with Gasteiger partial charge in [-0.2, -0.15) is 0 Å². The normalized spacial score (nSPS) is 17.6. The Hall–Kier alpha value is -0.610. The van der Waals surface area contributed by atoms with Gasteiger partial charge < -0.3 is 15.0 Å². The Morgan fingerprint density at radius 1 is 1.40 bits per heavy atom. The molecule has 1 aliphatic heterocycles. The summed E-state index contributed by atoms with van der Waals surface area (Å²) < 4.78 is 4.70. The van der Waals surface area contributed by atoms with Gasteiger partial charge in [-0.3, -0.25) is 4.79 Å². The third-order valence-corrected chi connectivity index (χ3v) is 2.56. The van der Waals surface area contributed by atoms with Crippen LogP contribution < -0.4 is 5.32 Å². The van der Waals surface area contributed by atoms with Gasteiger partial charge in [-0.1, -0.05) is 6.92 Å². The lowest BCUT2D eigenvalue weighted by molar-refractivity contribution is -0.140. The van der Waals surface area contributed by atoms with Crippen molar-refractivity contribution < 1.29 is 9.53 Å². The first-order chi connectivity index (χ1) is 7.02. The highest BCUT2D eigenvalue weighted by Gasteiger charge is 2.13. The topological polar surface area (TPSA) is 41.6 Å². The number of nitrogens with one attached hydrogen (secondary N) is 1. The second-order valence-electron chi connectivity index (χ2n) is 4.38. The van der Waals surface area contributed by atoms with E-state index in [-0.39, 0.29) is 5.60 Å². The largest absolute Gasteiger partial charge is 0.462 e. The lowest BCUT2D eigenvalue weighted by Gasteiger charge is -2.21. The molecule has 0 radical (unpaired) electrons. The van der Waals surface area contributed by atoms with Crippen LogP contribution in [0.5, 0.6) is 0 Å². The van der Waals surface area contributed by atoms with E-state index in [0.29, 0.717) is 6.47 Å². The molecule has 15 heavy (non-hydrogen) atoms. The molecule has 4 nitrogen and oxygen atoms in total. The zero-order valence-corrected chi connectivity index (χ0v) is 10.4. The van der Waals surface area contributed by atoms with Crippen molar-refractivity contribution in [3.63, 3.8) is 0 Å². The zero-order chi connectivity index (χ0) is 11.7. The van der Waals surface area contributed by atoms with Crippen molar-refractivity contribution in [3.05, 3.63) is 0 Å². The fraction of sp³-hybridized carbons (Fsp3) is 0.909. The Morgan fingerprint density at radius 2 is 1.93 bits per heavy atom. The third-order valence-electron chi connectivity index (χ3n) is 2.56. The second kappa shape index (κ2) is 7.65. The van der Waals surface area contributed by atoms with Crippen molar-refractivity contribution in [2.75, 3.05) is 33.2 Å². The molecule has 0 unspecified atom stereocenters. The van der Waals surface area contributed by atoms with Gasteiger partial charge in [-0.05, 0) is 27.3 Å². The van der Waals surface area contributed by atoms with Crippen molar-refractivity contribution in [1.29, 1.82) is 0 Å². The summed E-state index contributed by atoms with van der Waals surface area (Å²) in [4.78, 5) is 12.1. The van der Waals surface area contributed by atoms with E-state index in [2.05, 4.69) is 17.3 Å². The maximum Gasteiger partial charge on any atom is 0.293 e. The van der Waals surface area contributed by atoms with E-state index in [1.807, 2.05) is 20.8 Å². The molecule has 0 aromatic heterocycles. The molecular formula is C11H24N2O2. The summed E-state index contributed by atoms with van der Waals surface area (Å²) in [6.07, 6.45) is 0.853. The fourth-order valence-corrected chi connectivity index (χ4v) is 0.990. The van der Waals surface area contributed by atoms with Crippen LogP contribution in [0.15, 0.2) is 0 Å². The van der Waals surface area contributed by atoms with Crippen molar-refractivity contribution in [1.82, 2.24) is 10.2 Å². The average Bonchev–Trinajstić information content (AvgIpc) is 2.20. The minimum atomic E-state index is -0.276. The fourth-order valence-electron chi connectivity index (χ4n) is 0.990. The van der Waals surface area contributed by atoms with Crippen LogP contribution in [0.25, 0.3) is 0 Å². The SMILES string of the molecule is CCC(C)(C)OC=O.CN1CCNCC1. The molecule has 0 spiro atoms. The number of ether oxygens (including phenoxy) is 1. The van der Waals surface area contributed by atoms with Crippen molar-refractivity contribution >= 4 is 6.47 Å². The van der Waals surface area contributed by atoms with Gasteiger partial charge in [-0.15, -0.1) is 0 Å². The molecule has 0 bridgehead atoms. The van der Waals surface area contributed by atoms with Gasteiger partial charge in [-0.25, -0.2) is 0 Å². The average molecular weight is 216 g/mol. The summed E-state index contributed by atoms with van der Waals surface area (Å²) >= 11 is 0. The number of likely N-dealkylation sites (N-methyl/N-ethyl adjacent to an activating group) is 1. The van der Waals surface area contributed by atoms with Gasteiger partial charge in [0.05, 0.1) is 0 Å². The predicted molar refractivity (Wildman–Crippen MR) is 61.9 cm³/mol. The number of piperazine rings is 1. The molecule has 1 saturated heterocycles. The first-order valence-corrected chi connectivity index (χ1v) is 5.52. The molecule has 0 aromatic rings. The number of nitrogens with zero attached hydrogens (tertiary/aromatic N) is 1. The standard InChI is InChI=1S/C6H12O2.C5H12N2/c1-4-6(2,3)8-5-7;1-7-4-2-6-3-5-7/h5H,4H2,1-3H3;6H,2-5H2,1H3. The van der Waals surface area contributed by atoms with E-state index >= 15 is 0 Å². The highest BCUT2D eigenvalue weighted by molar-refractivity contribution is 5.38. The first-order valence-electron chi connectivity index (χ1n) is 5.52. The highest BCUT2D eigenvalue weighted by Crippen LogP contribution is 2.10. The molecule has 0 amide bonds. The van der Waals surface area contributed by atoms with E-state index in [9.17, 15) is 4.79 Å². The molecule has 1 rings (SSSR count). The quantitative estimate of drug-likeness (QED) is 0.711. The molecule has 4 heteroatoms. The molecule has 1 aliphatic rings. The van der Waals surface area contributed by atoms with Crippen molar-refractivity contribution in [3.8, 4) is 0 Å². The Morgan fingerprint density at radius 3 is 2.13 bits per heavy atom. The number of rotatable bonds is 3. The number of hydrogen-bond donors (Lipinski definition) is 1. The van der Waals surface area contributed by atoms with Crippen molar-refractivity contribution in [2.45, 2.75) is 32.8 Å². The monoisotopic (exact) mass is 216 g/mol. The predicted octanol–water partition coefficient (Wildman–Crippen LogP) is 0.869. The van der Waals surface area contributed by atoms with Crippen LogP contribution >= 0.6 is 0 Å². The van der Waals surface area contributed by atoms with Crippen LogP contribution in [0.4, 0.5) is 0 Å². The van der Waals surface area contributed by atoms with Crippen LogP contribution in [-0.4, -0.2) is 50.2 Å². The molecule has 1 heterocycles. The molecule has 0 aliphatic carbocycles. The Labute approximate surface area is 93.0 Å². The van der Waals surface area contributed by atoms with Gasteiger partial charge in [0.15, 0.2) is 0 Å². The molecule has 0 aromatic carbocycles. The maximum atomic E-state index is 9.76. The number of carbonyl (C=O) groups excluding carboxylic acids is 1. The molecule has 1 fully saturated rings. The Bertz CT molecular complexity index is 166. The Balaban J connectivity index is 0.000000262. The summed E-state index contributed by atoms with van der Waals surface area (Å²) in [6.45, 7) is 11.0. The highest BCUT2D eigenvalue weighted by atomic mass is 16.5. The molecular weight excluding hydrogens is 192 g/mol. The lowest BCUT2D eigenvalue weighted by Crippen LogP contribution is -2.40. The van der Waals surface area contributed by atoms with Gasteiger partial charge in [0.25, 0.3) is 6.47 Å². The van der Waals surface area contributed by atoms with E-state index in [1.165, 1.54) is 13.1 Å². The Kier molecular flexibility index (Phi) is 7.34. The summed E-state index contributed by atoms with van der Waals surface area (Å²) in [5, 5.41) is 3.27. The third kappa shape index (κ3) is 8.39. The van der Waals surface area contributed by atoms with Crippen LogP contribution in [0.1, 0.15) is 27.2 Å². The van der Waals surface area contributed by atoms with E-state index in [4.69, 9.17) is 4.74 Å². The molecule has 90 valence electrons. The van der Waals surface area contributed by atoms with Crippen LogP contribution in [0.3, 0.4) is 0 Å². The van der Waals surface area contributed by atoms with E-state index in [0.717, 1.165) is 19.5 Å². The summed E-state index contributed by atoms with van der Waals surface area (Å²) in [7, 11) is 2.15. The number of carbonyl (C=O) groups is 1. The number of hydrogen-bond acceptors (Lipinski definition) is 4. The van der Waals surface area contributed by atoms with Crippen LogP contribution in [0, 0.1) is 0 Å². The van der Waals surface area contributed by atoms with E-state index < -0.39 is 0 Å². The van der Waals surface area contributed by atoms with Gasteiger partial charge in [0.2, 0.25) is 0 Å². The molecule has 0 atom stereocenters. The van der Waals surface area contributed by atoms with Gasteiger partial charge in [0.1, 0.15) is 5.60 Å². The van der Waals surface area contributed by atoms with Crippen LogP contribution in [0.2, 0.25) is 0 Å². The molecule has 0 saturated carbocycles. The molecule has 1 N–H and O–H groups in total. The van der Waals surface area contributed by atoms with Gasteiger partial charge in [0, 0.05) is 26.2 Å². The second-order valence-corrected chi connectivity index (χ2v) is 4.38. The van der Waals surface area contributed by atoms with Crippen LogP contribution in [-0.2, 0) is 9.53 Å². The minimum absolute atomic E-state index is 0.276. The van der Waals surface area contributed by atoms with Crippen molar-refractivity contribution in [2.24, 2.45) is 0 Å².